The molecule has 2 aromatic rings. The lowest BCUT2D eigenvalue weighted by atomic mass is 10.0. The molecule has 5 nitrogen and oxygen atoms in total. The molecule has 0 heterocycles. The first-order valence-corrected chi connectivity index (χ1v) is 9.58. The van der Waals surface area contributed by atoms with Gasteiger partial charge in [0.2, 0.25) is 5.91 Å². The fraction of sp³-hybridized carbons (Fsp3) is 0.278. The molecule has 1 amide bonds. The van der Waals surface area contributed by atoms with Crippen molar-refractivity contribution in [1.29, 1.82) is 0 Å². The lowest BCUT2D eigenvalue weighted by Gasteiger charge is -2.11. The molecule has 0 saturated carbocycles. The Kier molecular flexibility index (Phi) is 5.62. The molecular formula is C18H22N2O3S. The predicted octanol–water partition coefficient (Wildman–Crippen LogP) is 3.26. The summed E-state index contributed by atoms with van der Waals surface area (Å²) >= 11 is 0. The van der Waals surface area contributed by atoms with Crippen molar-refractivity contribution in [1.82, 2.24) is 0 Å². The molecule has 0 aliphatic carbocycles. The number of benzene rings is 2. The third kappa shape index (κ3) is 5.09. The van der Waals surface area contributed by atoms with Crippen LogP contribution >= 0.6 is 0 Å². The normalized spacial score (nSPS) is 11.3. The lowest BCUT2D eigenvalue weighted by Crippen LogP contribution is -2.21. The number of hydrogen-bond donors (Lipinski definition) is 2. The minimum absolute atomic E-state index is 0.0547. The topological polar surface area (TPSA) is 75.3 Å². The Hall–Kier alpha value is -2.34. The van der Waals surface area contributed by atoms with Gasteiger partial charge in [-0.25, -0.2) is 8.42 Å². The molecule has 0 spiro atoms. The molecule has 0 fully saturated rings. The minimum Gasteiger partial charge on any atom is -0.376 e. The second-order valence-electron chi connectivity index (χ2n) is 5.98. The van der Waals surface area contributed by atoms with E-state index in [0.29, 0.717) is 11.6 Å². The zero-order valence-electron chi connectivity index (χ0n) is 14.0. The van der Waals surface area contributed by atoms with E-state index in [1.165, 1.54) is 12.1 Å². The van der Waals surface area contributed by atoms with Crippen molar-refractivity contribution in [3.8, 4) is 0 Å². The summed E-state index contributed by atoms with van der Waals surface area (Å²) in [5.41, 5.74) is 2.49. The van der Waals surface area contributed by atoms with Crippen LogP contribution in [0.15, 0.2) is 53.4 Å². The number of sulfone groups is 1. The van der Waals surface area contributed by atoms with Gasteiger partial charge in [0, 0.05) is 17.6 Å². The Labute approximate surface area is 143 Å². The smallest absolute Gasteiger partial charge is 0.243 e. The monoisotopic (exact) mass is 346 g/mol. The molecular weight excluding hydrogens is 324 g/mol. The van der Waals surface area contributed by atoms with E-state index in [-0.39, 0.29) is 17.3 Å². The molecule has 6 heteroatoms. The van der Waals surface area contributed by atoms with Gasteiger partial charge in [-0.15, -0.1) is 0 Å². The van der Waals surface area contributed by atoms with Gasteiger partial charge in [0.15, 0.2) is 9.84 Å². The van der Waals surface area contributed by atoms with Gasteiger partial charge in [-0.1, -0.05) is 32.0 Å². The highest BCUT2D eigenvalue weighted by atomic mass is 32.2. The van der Waals surface area contributed by atoms with Gasteiger partial charge in [-0.2, -0.15) is 0 Å². The Morgan fingerprint density at radius 1 is 1.04 bits per heavy atom. The summed E-state index contributed by atoms with van der Waals surface area (Å²) in [6, 6.07) is 14.1. The molecule has 0 aromatic heterocycles. The van der Waals surface area contributed by atoms with Crippen molar-refractivity contribution < 1.29 is 13.2 Å². The van der Waals surface area contributed by atoms with E-state index >= 15 is 0 Å². The van der Waals surface area contributed by atoms with Crippen LogP contribution in [-0.4, -0.2) is 27.1 Å². The quantitative estimate of drug-likeness (QED) is 0.842. The summed E-state index contributed by atoms with van der Waals surface area (Å²) < 4.78 is 23.1. The fourth-order valence-electron chi connectivity index (χ4n) is 2.20. The van der Waals surface area contributed by atoms with Crippen LogP contribution in [0.2, 0.25) is 0 Å². The van der Waals surface area contributed by atoms with Gasteiger partial charge in [0.25, 0.3) is 0 Å². The third-order valence-electron chi connectivity index (χ3n) is 3.55. The zero-order chi connectivity index (χ0) is 17.7. The number of amides is 1. The fourth-order valence-corrected chi connectivity index (χ4v) is 2.87. The highest BCUT2D eigenvalue weighted by Gasteiger charge is 2.08. The molecule has 0 unspecified atom stereocenters. The van der Waals surface area contributed by atoms with Gasteiger partial charge in [-0.05, 0) is 41.8 Å². The number of carbonyl (C=O) groups excluding carboxylic acids is 1. The zero-order valence-corrected chi connectivity index (χ0v) is 14.9. The molecule has 2 N–H and O–H groups in total. The van der Waals surface area contributed by atoms with Crippen LogP contribution in [-0.2, 0) is 14.6 Å². The first-order chi connectivity index (χ1) is 11.3. The molecule has 0 aliphatic heterocycles. The van der Waals surface area contributed by atoms with Gasteiger partial charge in [0.05, 0.1) is 11.4 Å². The molecule has 24 heavy (non-hydrogen) atoms. The van der Waals surface area contributed by atoms with Crippen LogP contribution in [0.1, 0.15) is 25.3 Å². The maximum atomic E-state index is 12.1. The largest absolute Gasteiger partial charge is 0.376 e. The van der Waals surface area contributed by atoms with E-state index < -0.39 is 9.84 Å². The number of nitrogens with one attached hydrogen (secondary N) is 2. The average Bonchev–Trinajstić information content (AvgIpc) is 2.52. The summed E-state index contributed by atoms with van der Waals surface area (Å²) in [4.78, 5) is 12.3. The van der Waals surface area contributed by atoms with E-state index in [1.54, 1.807) is 12.1 Å². The van der Waals surface area contributed by atoms with Gasteiger partial charge < -0.3 is 10.6 Å². The molecule has 0 saturated heterocycles. The molecule has 128 valence electrons. The van der Waals surface area contributed by atoms with Crippen molar-refractivity contribution in [2.75, 3.05) is 23.4 Å². The summed E-state index contributed by atoms with van der Waals surface area (Å²) in [6.45, 7) is 4.24. The molecule has 2 aromatic carbocycles. The van der Waals surface area contributed by atoms with Gasteiger partial charge >= 0.3 is 0 Å². The second kappa shape index (κ2) is 7.49. The van der Waals surface area contributed by atoms with Crippen molar-refractivity contribution in [2.24, 2.45) is 0 Å². The van der Waals surface area contributed by atoms with E-state index in [4.69, 9.17) is 0 Å². The number of anilines is 2. The van der Waals surface area contributed by atoms with Crippen LogP contribution in [0.5, 0.6) is 0 Å². The minimum atomic E-state index is -3.27. The van der Waals surface area contributed by atoms with Crippen LogP contribution < -0.4 is 10.6 Å². The number of rotatable bonds is 6. The number of hydrogen-bond acceptors (Lipinski definition) is 4. The summed E-state index contributed by atoms with van der Waals surface area (Å²) in [7, 11) is -3.27. The summed E-state index contributed by atoms with van der Waals surface area (Å²) in [6.07, 6.45) is 1.15. The highest BCUT2D eigenvalue weighted by Crippen LogP contribution is 2.19. The molecule has 2 rings (SSSR count). The molecule has 0 bridgehead atoms. The third-order valence-corrected chi connectivity index (χ3v) is 4.66. The molecule has 0 atom stereocenters. The van der Waals surface area contributed by atoms with Crippen molar-refractivity contribution in [2.45, 2.75) is 24.7 Å². The van der Waals surface area contributed by atoms with Crippen molar-refractivity contribution in [3.63, 3.8) is 0 Å². The number of carbonyl (C=O) groups is 1. The van der Waals surface area contributed by atoms with Gasteiger partial charge in [-0.3, -0.25) is 4.79 Å². The first-order valence-electron chi connectivity index (χ1n) is 7.69. The SMILES string of the molecule is CC(C)c1cccc(NC(=O)CNc2cccc(S(C)(=O)=O)c2)c1. The Balaban J connectivity index is 1.98. The lowest BCUT2D eigenvalue weighted by molar-refractivity contribution is -0.114. The second-order valence-corrected chi connectivity index (χ2v) is 8.00. The summed E-state index contributed by atoms with van der Waals surface area (Å²) in [5, 5.41) is 5.77. The standard InChI is InChI=1S/C18H22N2O3S/c1-13(2)14-6-4-8-16(10-14)20-18(21)12-19-15-7-5-9-17(11-15)24(3,22)23/h4-11,13,19H,12H2,1-3H3,(H,20,21). The van der Waals surface area contributed by atoms with Gasteiger partial charge in [0.1, 0.15) is 0 Å². The maximum Gasteiger partial charge on any atom is 0.243 e. The Bertz CT molecular complexity index is 830. The molecule has 0 aliphatic rings. The van der Waals surface area contributed by atoms with Crippen LogP contribution in [0.4, 0.5) is 11.4 Å². The van der Waals surface area contributed by atoms with E-state index in [0.717, 1.165) is 17.5 Å². The van der Waals surface area contributed by atoms with Crippen LogP contribution in [0.25, 0.3) is 0 Å². The van der Waals surface area contributed by atoms with Crippen molar-refractivity contribution in [3.05, 3.63) is 54.1 Å². The summed E-state index contributed by atoms with van der Waals surface area (Å²) in [5.74, 6) is 0.194. The van der Waals surface area contributed by atoms with Crippen LogP contribution in [0, 0.1) is 0 Å². The van der Waals surface area contributed by atoms with E-state index in [2.05, 4.69) is 24.5 Å². The molecule has 0 radical (unpaired) electrons. The first kappa shape index (κ1) is 18.0. The van der Waals surface area contributed by atoms with E-state index in [9.17, 15) is 13.2 Å². The van der Waals surface area contributed by atoms with E-state index in [1.807, 2.05) is 24.3 Å². The van der Waals surface area contributed by atoms with Crippen LogP contribution in [0.3, 0.4) is 0 Å². The highest BCUT2D eigenvalue weighted by molar-refractivity contribution is 7.90. The average molecular weight is 346 g/mol. The maximum absolute atomic E-state index is 12.1. The predicted molar refractivity (Wildman–Crippen MR) is 97.2 cm³/mol. The van der Waals surface area contributed by atoms with Crippen molar-refractivity contribution >= 4 is 27.1 Å². The Morgan fingerprint density at radius 2 is 1.71 bits per heavy atom. The Morgan fingerprint density at radius 3 is 2.38 bits per heavy atom.